The van der Waals surface area contributed by atoms with E-state index in [0.717, 1.165) is 36.1 Å². The highest BCUT2D eigenvalue weighted by molar-refractivity contribution is 6.32. The number of hydrogen-bond acceptors (Lipinski definition) is 5. The van der Waals surface area contributed by atoms with Crippen molar-refractivity contribution in [3.05, 3.63) is 56.0 Å². The fraction of sp³-hybridized carbons (Fsp3) is 0.409. The number of carbonyl (C=O) groups excluding carboxylic acids is 1. The van der Waals surface area contributed by atoms with Gasteiger partial charge in [-0.2, -0.15) is 0 Å². The van der Waals surface area contributed by atoms with Crippen molar-refractivity contribution >= 4 is 34.4 Å². The molecule has 0 aliphatic heterocycles. The lowest BCUT2D eigenvalue weighted by Crippen LogP contribution is -2.27. The van der Waals surface area contributed by atoms with E-state index in [0.29, 0.717) is 27.8 Å². The third-order valence-corrected chi connectivity index (χ3v) is 6.14. The standard InChI is InChI=1S/C22H23ClN2O4/c1-11-7-18-14(9-15(11)23)17(26)10-19(28-18)20(27)24-21-13-8-12(22(2,3)4)5-6-16(13)25-29-21/h7,9-10,12H,5-6,8H2,1-4H3,(H,24,27). The second-order valence-corrected chi connectivity index (χ2v) is 9.18. The zero-order valence-corrected chi connectivity index (χ0v) is 17.6. The second-order valence-electron chi connectivity index (χ2n) is 8.77. The molecule has 1 aliphatic carbocycles. The molecule has 1 aliphatic rings. The molecule has 0 fully saturated rings. The third-order valence-electron chi connectivity index (χ3n) is 5.73. The molecule has 4 rings (SSSR count). The first-order chi connectivity index (χ1) is 13.6. The molecule has 1 aromatic carbocycles. The Morgan fingerprint density at radius 2 is 2.03 bits per heavy atom. The van der Waals surface area contributed by atoms with Crippen LogP contribution in [0.4, 0.5) is 5.88 Å². The van der Waals surface area contributed by atoms with Crippen molar-refractivity contribution in [1.82, 2.24) is 5.16 Å². The lowest BCUT2D eigenvalue weighted by atomic mass is 9.72. The van der Waals surface area contributed by atoms with Crippen LogP contribution in [0.25, 0.3) is 11.0 Å². The summed E-state index contributed by atoms with van der Waals surface area (Å²) in [6.45, 7) is 8.45. The first-order valence-electron chi connectivity index (χ1n) is 9.66. The van der Waals surface area contributed by atoms with Gasteiger partial charge >= 0.3 is 0 Å². The van der Waals surface area contributed by atoms with Crippen molar-refractivity contribution in [3.8, 4) is 0 Å². The van der Waals surface area contributed by atoms with Gasteiger partial charge in [0.2, 0.25) is 5.88 Å². The summed E-state index contributed by atoms with van der Waals surface area (Å²) in [7, 11) is 0. The number of amides is 1. The molecule has 3 aromatic rings. The van der Waals surface area contributed by atoms with Crippen LogP contribution in [0.1, 0.15) is 54.6 Å². The van der Waals surface area contributed by atoms with E-state index in [9.17, 15) is 9.59 Å². The van der Waals surface area contributed by atoms with Crippen LogP contribution in [-0.4, -0.2) is 11.1 Å². The molecule has 0 bridgehead atoms. The van der Waals surface area contributed by atoms with E-state index in [1.165, 1.54) is 6.07 Å². The molecule has 1 atom stereocenters. The van der Waals surface area contributed by atoms with Gasteiger partial charge in [-0.25, -0.2) is 0 Å². The lowest BCUT2D eigenvalue weighted by molar-refractivity contribution is 0.0994. The Labute approximate surface area is 173 Å². The number of aromatic nitrogens is 1. The van der Waals surface area contributed by atoms with Crippen molar-refractivity contribution < 1.29 is 13.7 Å². The highest BCUT2D eigenvalue weighted by Gasteiger charge is 2.33. The van der Waals surface area contributed by atoms with Gasteiger partial charge in [0.05, 0.1) is 11.1 Å². The molecule has 2 heterocycles. The Hall–Kier alpha value is -2.60. The number of anilines is 1. The molecule has 0 radical (unpaired) electrons. The zero-order valence-electron chi connectivity index (χ0n) is 16.9. The third kappa shape index (κ3) is 3.69. The SMILES string of the molecule is Cc1cc2oc(C(=O)Nc3onc4c3CC(C(C)(C)C)CC4)cc(=O)c2cc1Cl. The Balaban J connectivity index is 1.64. The average Bonchev–Trinajstić information content (AvgIpc) is 3.04. The van der Waals surface area contributed by atoms with Gasteiger partial charge in [-0.15, -0.1) is 0 Å². The topological polar surface area (TPSA) is 85.3 Å². The predicted octanol–water partition coefficient (Wildman–Crippen LogP) is 5.15. The van der Waals surface area contributed by atoms with Crippen molar-refractivity contribution in [3.63, 3.8) is 0 Å². The number of benzene rings is 1. The van der Waals surface area contributed by atoms with Crippen molar-refractivity contribution in [2.24, 2.45) is 11.3 Å². The molecule has 0 saturated carbocycles. The van der Waals surface area contributed by atoms with Gasteiger partial charge in [0, 0.05) is 16.7 Å². The monoisotopic (exact) mass is 414 g/mol. The zero-order chi connectivity index (χ0) is 20.9. The van der Waals surface area contributed by atoms with E-state index >= 15 is 0 Å². The van der Waals surface area contributed by atoms with E-state index in [2.05, 4.69) is 31.2 Å². The summed E-state index contributed by atoms with van der Waals surface area (Å²) in [4.78, 5) is 25.2. The molecule has 2 aromatic heterocycles. The molecule has 0 spiro atoms. The van der Waals surface area contributed by atoms with Crippen LogP contribution < -0.4 is 10.7 Å². The Morgan fingerprint density at radius 3 is 2.76 bits per heavy atom. The van der Waals surface area contributed by atoms with E-state index in [1.807, 2.05) is 0 Å². The maximum atomic E-state index is 12.8. The molecule has 6 nitrogen and oxygen atoms in total. The van der Waals surface area contributed by atoms with E-state index in [-0.39, 0.29) is 16.6 Å². The molecular weight excluding hydrogens is 392 g/mol. The van der Waals surface area contributed by atoms with E-state index in [1.54, 1.807) is 19.1 Å². The fourth-order valence-electron chi connectivity index (χ4n) is 3.80. The van der Waals surface area contributed by atoms with Crippen molar-refractivity contribution in [2.75, 3.05) is 5.32 Å². The van der Waals surface area contributed by atoms with Crippen LogP contribution in [0.2, 0.25) is 5.02 Å². The number of aryl methyl sites for hydroxylation is 2. The number of hydrogen-bond donors (Lipinski definition) is 1. The molecule has 1 unspecified atom stereocenters. The highest BCUT2D eigenvalue weighted by atomic mass is 35.5. The molecule has 152 valence electrons. The molecule has 29 heavy (non-hydrogen) atoms. The van der Waals surface area contributed by atoms with Crippen LogP contribution >= 0.6 is 11.6 Å². The quantitative estimate of drug-likeness (QED) is 0.627. The highest BCUT2D eigenvalue weighted by Crippen LogP contribution is 2.39. The van der Waals surface area contributed by atoms with Crippen LogP contribution in [0, 0.1) is 18.3 Å². The average molecular weight is 415 g/mol. The Morgan fingerprint density at radius 1 is 1.28 bits per heavy atom. The minimum absolute atomic E-state index is 0.0856. The van der Waals surface area contributed by atoms with Crippen LogP contribution in [-0.2, 0) is 12.8 Å². The smallest absolute Gasteiger partial charge is 0.293 e. The predicted molar refractivity (Wildman–Crippen MR) is 112 cm³/mol. The summed E-state index contributed by atoms with van der Waals surface area (Å²) in [5.74, 6) is 0.163. The summed E-state index contributed by atoms with van der Waals surface area (Å²) >= 11 is 6.09. The van der Waals surface area contributed by atoms with Crippen molar-refractivity contribution in [1.29, 1.82) is 0 Å². The number of rotatable bonds is 2. The van der Waals surface area contributed by atoms with Gasteiger partial charge in [-0.05, 0) is 55.2 Å². The Bertz CT molecular complexity index is 1170. The maximum absolute atomic E-state index is 12.8. The largest absolute Gasteiger partial charge is 0.451 e. The normalized spacial score (nSPS) is 16.7. The summed E-state index contributed by atoms with van der Waals surface area (Å²) in [6.07, 6.45) is 2.65. The molecule has 0 saturated heterocycles. The maximum Gasteiger partial charge on any atom is 0.293 e. The van der Waals surface area contributed by atoms with E-state index in [4.69, 9.17) is 20.5 Å². The van der Waals surface area contributed by atoms with Crippen molar-refractivity contribution in [2.45, 2.75) is 47.0 Å². The molecular formula is C22H23ClN2O4. The molecule has 1 amide bonds. The summed E-state index contributed by atoms with van der Waals surface area (Å²) < 4.78 is 11.1. The second kappa shape index (κ2) is 7.02. The van der Waals surface area contributed by atoms with Gasteiger partial charge < -0.3 is 8.94 Å². The van der Waals surface area contributed by atoms with Gasteiger partial charge in [-0.3, -0.25) is 14.9 Å². The van der Waals surface area contributed by atoms with Gasteiger partial charge in [-0.1, -0.05) is 37.5 Å². The van der Waals surface area contributed by atoms with E-state index < -0.39 is 5.91 Å². The molecule has 1 N–H and O–H groups in total. The number of nitrogens with one attached hydrogen (secondary N) is 1. The first kappa shape index (κ1) is 19.7. The minimum atomic E-state index is -0.548. The summed E-state index contributed by atoms with van der Waals surface area (Å²) in [6, 6.07) is 4.38. The van der Waals surface area contributed by atoms with Crippen LogP contribution in [0.3, 0.4) is 0 Å². The van der Waals surface area contributed by atoms with Crippen LogP contribution in [0.5, 0.6) is 0 Å². The van der Waals surface area contributed by atoms with Crippen LogP contribution in [0.15, 0.2) is 31.9 Å². The number of fused-ring (bicyclic) bond motifs is 2. The van der Waals surface area contributed by atoms with Gasteiger partial charge in [0.1, 0.15) is 5.58 Å². The summed E-state index contributed by atoms with van der Waals surface area (Å²) in [5.41, 5.74) is 2.71. The molecule has 7 heteroatoms. The number of nitrogens with zero attached hydrogens (tertiary/aromatic N) is 1. The number of carbonyl (C=O) groups is 1. The Kier molecular flexibility index (Phi) is 4.77. The van der Waals surface area contributed by atoms with Gasteiger partial charge in [0.15, 0.2) is 11.2 Å². The lowest BCUT2D eigenvalue weighted by Gasteiger charge is -2.33. The van der Waals surface area contributed by atoms with Gasteiger partial charge in [0.25, 0.3) is 5.91 Å². The number of halogens is 1. The minimum Gasteiger partial charge on any atom is -0.451 e. The first-order valence-corrected chi connectivity index (χ1v) is 10.0. The summed E-state index contributed by atoms with van der Waals surface area (Å²) in [5, 5.41) is 7.65. The fourth-order valence-corrected chi connectivity index (χ4v) is 3.96.